The van der Waals surface area contributed by atoms with Gasteiger partial charge < -0.3 is 11.1 Å². The van der Waals surface area contributed by atoms with Gasteiger partial charge >= 0.3 is 0 Å². The maximum atomic E-state index is 12.4. The Labute approximate surface area is 150 Å². The molecule has 1 aromatic heterocycles. The number of amides is 1. The maximum Gasteiger partial charge on any atom is 0.295 e. The van der Waals surface area contributed by atoms with Gasteiger partial charge in [0.2, 0.25) is 0 Å². The number of hydrogen-bond donors (Lipinski definition) is 2. The van der Waals surface area contributed by atoms with E-state index in [1.54, 1.807) is 6.07 Å². The van der Waals surface area contributed by atoms with Gasteiger partial charge in [-0.1, -0.05) is 0 Å². The molecule has 1 saturated carbocycles. The number of aromatic nitrogens is 3. The summed E-state index contributed by atoms with van der Waals surface area (Å²) in [7, 11) is 0. The summed E-state index contributed by atoms with van der Waals surface area (Å²) in [6, 6.07) is 4.57. The minimum atomic E-state index is -0.534. The number of rotatable bonds is 4. The molecule has 3 rings (SSSR count). The van der Waals surface area contributed by atoms with Crippen molar-refractivity contribution in [3.8, 4) is 5.69 Å². The predicted octanol–water partition coefficient (Wildman–Crippen LogP) is 1.60. The number of nitrogens with zero attached hydrogens (tertiary/aromatic N) is 4. The summed E-state index contributed by atoms with van der Waals surface area (Å²) in [6.45, 7) is 0. The summed E-state index contributed by atoms with van der Waals surface area (Å²) in [5.41, 5.74) is 6.17. The number of nitro groups is 1. The van der Waals surface area contributed by atoms with E-state index in [4.69, 9.17) is 5.73 Å². The first-order chi connectivity index (χ1) is 11.5. The molecule has 1 heterocycles. The van der Waals surface area contributed by atoms with E-state index in [0.717, 1.165) is 25.7 Å². The van der Waals surface area contributed by atoms with Gasteiger partial charge in [-0.15, -0.1) is 12.4 Å². The normalized spacial score (nSPS) is 19.7. The van der Waals surface area contributed by atoms with Crippen LogP contribution in [0.4, 0.5) is 5.69 Å². The fraction of sp³-hybridized carbons (Fsp3) is 0.400. The van der Waals surface area contributed by atoms with E-state index in [0.29, 0.717) is 0 Å². The zero-order valence-corrected chi connectivity index (χ0v) is 14.2. The molecule has 1 aromatic carbocycles. The molecule has 0 radical (unpaired) electrons. The van der Waals surface area contributed by atoms with Crippen LogP contribution >= 0.6 is 12.4 Å². The van der Waals surface area contributed by atoms with Gasteiger partial charge in [0, 0.05) is 23.7 Å². The van der Waals surface area contributed by atoms with Crippen LogP contribution in [0.5, 0.6) is 0 Å². The Morgan fingerprint density at radius 2 is 2.04 bits per heavy atom. The lowest BCUT2D eigenvalue weighted by Crippen LogP contribution is -2.40. The number of nitrogens with two attached hydrogens (primary N) is 1. The molecule has 1 fully saturated rings. The second-order valence-electron chi connectivity index (χ2n) is 5.89. The van der Waals surface area contributed by atoms with E-state index in [1.807, 2.05) is 0 Å². The lowest BCUT2D eigenvalue weighted by atomic mass is 9.91. The minimum absolute atomic E-state index is 0. The van der Waals surface area contributed by atoms with Gasteiger partial charge in [-0.3, -0.25) is 14.9 Å². The number of carbonyl (C=O) groups is 1. The quantitative estimate of drug-likeness (QED) is 0.624. The third-order valence-corrected chi connectivity index (χ3v) is 4.21. The fourth-order valence-electron chi connectivity index (χ4n) is 2.87. The number of nitro benzene ring substituents is 1. The van der Waals surface area contributed by atoms with Crippen molar-refractivity contribution < 1.29 is 9.72 Å². The number of halogens is 1. The van der Waals surface area contributed by atoms with E-state index >= 15 is 0 Å². The molecule has 1 amide bonds. The Kier molecular flexibility index (Phi) is 6.05. The molecule has 0 saturated heterocycles. The van der Waals surface area contributed by atoms with E-state index in [9.17, 15) is 14.9 Å². The summed E-state index contributed by atoms with van der Waals surface area (Å²) in [5.74, 6) is -0.316. The summed E-state index contributed by atoms with van der Waals surface area (Å²) >= 11 is 0. The Balaban J connectivity index is 0.00000225. The van der Waals surface area contributed by atoms with Gasteiger partial charge in [0.1, 0.15) is 18.3 Å². The van der Waals surface area contributed by atoms with Crippen molar-refractivity contribution in [3.63, 3.8) is 0 Å². The van der Waals surface area contributed by atoms with Crippen LogP contribution < -0.4 is 11.1 Å². The molecule has 0 atom stereocenters. The van der Waals surface area contributed by atoms with E-state index in [2.05, 4.69) is 15.4 Å². The molecule has 1 aliphatic carbocycles. The first-order valence-corrected chi connectivity index (χ1v) is 7.74. The van der Waals surface area contributed by atoms with Crippen molar-refractivity contribution in [2.45, 2.75) is 37.8 Å². The Bertz CT molecular complexity index is 744. The third-order valence-electron chi connectivity index (χ3n) is 4.21. The zero-order valence-electron chi connectivity index (χ0n) is 13.4. The monoisotopic (exact) mass is 366 g/mol. The summed E-state index contributed by atoms with van der Waals surface area (Å²) < 4.78 is 1.29. The van der Waals surface area contributed by atoms with Gasteiger partial charge in [0.25, 0.3) is 11.6 Å². The Morgan fingerprint density at radius 1 is 1.32 bits per heavy atom. The molecule has 134 valence electrons. The van der Waals surface area contributed by atoms with Crippen LogP contribution in [0, 0.1) is 10.1 Å². The van der Waals surface area contributed by atoms with Gasteiger partial charge in [-0.25, -0.2) is 9.67 Å². The van der Waals surface area contributed by atoms with Crippen LogP contribution in [0.3, 0.4) is 0 Å². The van der Waals surface area contributed by atoms with E-state index in [-0.39, 0.29) is 47.3 Å². The van der Waals surface area contributed by atoms with E-state index in [1.165, 1.54) is 29.5 Å². The summed E-state index contributed by atoms with van der Waals surface area (Å²) in [5, 5.41) is 18.1. The molecule has 0 spiro atoms. The molecule has 1 aliphatic rings. The average molecular weight is 367 g/mol. The molecule has 0 bridgehead atoms. The van der Waals surface area contributed by atoms with Crippen molar-refractivity contribution in [1.29, 1.82) is 0 Å². The summed E-state index contributed by atoms with van der Waals surface area (Å²) in [4.78, 5) is 26.9. The highest BCUT2D eigenvalue weighted by molar-refractivity contribution is 5.95. The van der Waals surface area contributed by atoms with Crippen LogP contribution in [0.1, 0.15) is 36.0 Å². The number of hydrogen-bond acceptors (Lipinski definition) is 6. The molecule has 10 heteroatoms. The van der Waals surface area contributed by atoms with Crippen LogP contribution in [-0.4, -0.2) is 37.7 Å². The van der Waals surface area contributed by atoms with Crippen LogP contribution in [0.15, 0.2) is 30.9 Å². The summed E-state index contributed by atoms with van der Waals surface area (Å²) in [6.07, 6.45) is 6.05. The SMILES string of the molecule is Cl.NC1CCC(NC(=O)c2ccc(-n3cncn3)c([N+](=O)[O-])c2)CC1. The van der Waals surface area contributed by atoms with Crippen molar-refractivity contribution in [3.05, 3.63) is 46.5 Å². The van der Waals surface area contributed by atoms with Gasteiger partial charge in [0.05, 0.1) is 4.92 Å². The highest BCUT2D eigenvalue weighted by Gasteiger charge is 2.23. The van der Waals surface area contributed by atoms with Crippen LogP contribution in [0.25, 0.3) is 5.69 Å². The minimum Gasteiger partial charge on any atom is -0.349 e. The standard InChI is InChI=1S/C15H18N6O3.ClH/c16-11-2-4-12(5-3-11)19-15(22)10-1-6-13(14(7-10)21(23)24)20-9-17-8-18-20;/h1,6-9,11-12H,2-5,16H2,(H,19,22);1H. The molecule has 9 nitrogen and oxygen atoms in total. The van der Waals surface area contributed by atoms with Gasteiger partial charge in [-0.05, 0) is 37.8 Å². The first-order valence-electron chi connectivity index (χ1n) is 7.74. The predicted molar refractivity (Wildman–Crippen MR) is 93.0 cm³/mol. The smallest absolute Gasteiger partial charge is 0.295 e. The third kappa shape index (κ3) is 4.31. The number of nitrogens with one attached hydrogen (secondary N) is 1. The molecule has 25 heavy (non-hydrogen) atoms. The number of carbonyl (C=O) groups excluding carboxylic acids is 1. The Morgan fingerprint density at radius 3 is 2.64 bits per heavy atom. The first kappa shape index (κ1) is 18.8. The highest BCUT2D eigenvalue weighted by atomic mass is 35.5. The van der Waals surface area contributed by atoms with Crippen LogP contribution in [0.2, 0.25) is 0 Å². The molecule has 2 aromatic rings. The fourth-order valence-corrected chi connectivity index (χ4v) is 2.87. The largest absolute Gasteiger partial charge is 0.349 e. The highest BCUT2D eigenvalue weighted by Crippen LogP contribution is 2.24. The molecular weight excluding hydrogens is 348 g/mol. The van der Waals surface area contributed by atoms with Crippen molar-refractivity contribution >= 4 is 24.0 Å². The number of benzene rings is 1. The van der Waals surface area contributed by atoms with E-state index < -0.39 is 4.92 Å². The van der Waals surface area contributed by atoms with Gasteiger partial charge in [0.15, 0.2) is 0 Å². The molecule has 0 aliphatic heterocycles. The zero-order chi connectivity index (χ0) is 17.1. The molecule has 0 unspecified atom stereocenters. The second kappa shape index (κ2) is 8.04. The van der Waals surface area contributed by atoms with Crippen LogP contribution in [-0.2, 0) is 0 Å². The lowest BCUT2D eigenvalue weighted by molar-refractivity contribution is -0.384. The second-order valence-corrected chi connectivity index (χ2v) is 5.89. The van der Waals surface area contributed by atoms with Crippen molar-refractivity contribution in [1.82, 2.24) is 20.1 Å². The average Bonchev–Trinajstić information content (AvgIpc) is 3.10. The van der Waals surface area contributed by atoms with Crippen molar-refractivity contribution in [2.24, 2.45) is 5.73 Å². The molecule has 3 N–H and O–H groups in total. The lowest BCUT2D eigenvalue weighted by Gasteiger charge is -2.26. The van der Waals surface area contributed by atoms with Crippen molar-refractivity contribution in [2.75, 3.05) is 0 Å². The maximum absolute atomic E-state index is 12.4. The van der Waals surface area contributed by atoms with Gasteiger partial charge in [-0.2, -0.15) is 5.10 Å². The topological polar surface area (TPSA) is 129 Å². The molecular formula is C15H19ClN6O3. The Hall–Kier alpha value is -2.52.